The van der Waals surface area contributed by atoms with Gasteiger partial charge in [-0.3, -0.25) is 0 Å². The molecule has 17 heavy (non-hydrogen) atoms. The molecule has 0 bridgehead atoms. The normalized spacial score (nSPS) is 10.6. The summed E-state index contributed by atoms with van der Waals surface area (Å²) in [4.78, 5) is 12.4. The fourth-order valence-corrected chi connectivity index (χ4v) is 1.27. The number of hydrogen-bond acceptors (Lipinski definition) is 3. The molecule has 94 valence electrons. The fraction of sp³-hybridized carbons (Fsp3) is 0.364. The van der Waals surface area contributed by atoms with Crippen LogP contribution in [0.1, 0.15) is 10.4 Å². The highest BCUT2D eigenvalue weighted by Gasteiger charge is 2.17. The van der Waals surface area contributed by atoms with Crippen LogP contribution in [0.3, 0.4) is 0 Å². The summed E-state index contributed by atoms with van der Waals surface area (Å²) >= 11 is 0. The SMILES string of the molecule is CN(C)CCNc1ccc(C(=O)O)c(F)c1F. The van der Waals surface area contributed by atoms with Gasteiger partial charge in [0.25, 0.3) is 0 Å². The average molecular weight is 244 g/mol. The molecule has 2 N–H and O–H groups in total. The molecule has 4 nitrogen and oxygen atoms in total. The second-order valence-corrected chi connectivity index (χ2v) is 3.82. The number of carbonyl (C=O) groups is 1. The van der Waals surface area contributed by atoms with E-state index in [0.29, 0.717) is 13.1 Å². The van der Waals surface area contributed by atoms with Crippen molar-refractivity contribution >= 4 is 11.7 Å². The van der Waals surface area contributed by atoms with Crippen LogP contribution in [0, 0.1) is 11.6 Å². The summed E-state index contributed by atoms with van der Waals surface area (Å²) < 4.78 is 26.7. The van der Waals surface area contributed by atoms with Crippen molar-refractivity contribution in [1.29, 1.82) is 0 Å². The van der Waals surface area contributed by atoms with E-state index < -0.39 is 23.2 Å². The van der Waals surface area contributed by atoms with Crippen LogP contribution in [0.15, 0.2) is 12.1 Å². The number of rotatable bonds is 5. The lowest BCUT2D eigenvalue weighted by atomic mass is 10.2. The summed E-state index contributed by atoms with van der Waals surface area (Å²) in [5.41, 5.74) is -0.699. The van der Waals surface area contributed by atoms with Gasteiger partial charge in [-0.05, 0) is 26.2 Å². The molecule has 0 amide bonds. The molecule has 0 heterocycles. The van der Waals surface area contributed by atoms with Gasteiger partial charge in [-0.2, -0.15) is 0 Å². The minimum atomic E-state index is -1.48. The highest BCUT2D eigenvalue weighted by molar-refractivity contribution is 5.88. The number of carboxylic acid groups (broad SMARTS) is 1. The van der Waals surface area contributed by atoms with Gasteiger partial charge >= 0.3 is 5.97 Å². The van der Waals surface area contributed by atoms with Crippen LogP contribution in [0.2, 0.25) is 0 Å². The van der Waals surface area contributed by atoms with Crippen LogP contribution >= 0.6 is 0 Å². The predicted octanol–water partition coefficient (Wildman–Crippen LogP) is 1.64. The van der Waals surface area contributed by atoms with Gasteiger partial charge in [-0.15, -0.1) is 0 Å². The highest BCUT2D eigenvalue weighted by Crippen LogP contribution is 2.20. The number of nitrogens with zero attached hydrogens (tertiary/aromatic N) is 1. The molecule has 0 radical (unpaired) electrons. The zero-order valence-corrected chi connectivity index (χ0v) is 9.63. The number of carboxylic acids is 1. The number of benzene rings is 1. The third-order valence-corrected chi connectivity index (χ3v) is 2.19. The number of nitrogens with one attached hydrogen (secondary N) is 1. The van der Waals surface area contributed by atoms with Gasteiger partial charge in [-0.1, -0.05) is 0 Å². The van der Waals surface area contributed by atoms with Gasteiger partial charge < -0.3 is 15.3 Å². The van der Waals surface area contributed by atoms with Gasteiger partial charge in [0.05, 0.1) is 11.3 Å². The summed E-state index contributed by atoms with van der Waals surface area (Å²) in [5.74, 6) is -3.99. The van der Waals surface area contributed by atoms with Crippen molar-refractivity contribution < 1.29 is 18.7 Å². The van der Waals surface area contributed by atoms with Crippen LogP contribution in [-0.4, -0.2) is 43.2 Å². The van der Waals surface area contributed by atoms with Crippen molar-refractivity contribution in [2.24, 2.45) is 0 Å². The molecule has 0 aliphatic heterocycles. The number of aromatic carboxylic acids is 1. The predicted molar refractivity (Wildman–Crippen MR) is 60.4 cm³/mol. The number of anilines is 1. The van der Waals surface area contributed by atoms with Gasteiger partial charge in [0, 0.05) is 13.1 Å². The van der Waals surface area contributed by atoms with E-state index in [2.05, 4.69) is 5.32 Å². The second-order valence-electron chi connectivity index (χ2n) is 3.82. The molecule has 0 fully saturated rings. The van der Waals surface area contributed by atoms with Crippen LogP contribution in [-0.2, 0) is 0 Å². The molecule has 0 saturated carbocycles. The summed E-state index contributed by atoms with van der Waals surface area (Å²) in [5, 5.41) is 11.3. The lowest BCUT2D eigenvalue weighted by Crippen LogP contribution is -2.21. The van der Waals surface area contributed by atoms with Crippen molar-refractivity contribution in [2.75, 3.05) is 32.5 Å². The minimum absolute atomic E-state index is 0.0330. The molecule has 0 spiro atoms. The fourth-order valence-electron chi connectivity index (χ4n) is 1.27. The van der Waals surface area contributed by atoms with Crippen molar-refractivity contribution in [3.63, 3.8) is 0 Å². The second kappa shape index (κ2) is 5.58. The smallest absolute Gasteiger partial charge is 0.338 e. The Labute approximate surface area is 97.9 Å². The molecule has 0 aliphatic rings. The van der Waals surface area contributed by atoms with E-state index in [1.807, 2.05) is 19.0 Å². The van der Waals surface area contributed by atoms with Gasteiger partial charge in [-0.25, -0.2) is 13.6 Å². The molecule has 0 aromatic heterocycles. The highest BCUT2D eigenvalue weighted by atomic mass is 19.2. The van der Waals surface area contributed by atoms with E-state index in [1.165, 1.54) is 6.07 Å². The van der Waals surface area contributed by atoms with Crippen LogP contribution in [0.25, 0.3) is 0 Å². The molecule has 0 atom stereocenters. The van der Waals surface area contributed by atoms with E-state index in [4.69, 9.17) is 5.11 Å². The maximum atomic E-state index is 13.4. The molecule has 0 aliphatic carbocycles. The van der Waals surface area contributed by atoms with Gasteiger partial charge in [0.15, 0.2) is 11.6 Å². The van der Waals surface area contributed by atoms with E-state index in [0.717, 1.165) is 6.07 Å². The Morgan fingerprint density at radius 1 is 1.35 bits per heavy atom. The lowest BCUT2D eigenvalue weighted by molar-refractivity contribution is 0.0690. The summed E-state index contributed by atoms with van der Waals surface area (Å²) in [7, 11) is 3.71. The van der Waals surface area contributed by atoms with Crippen LogP contribution < -0.4 is 5.32 Å². The molecular weight excluding hydrogens is 230 g/mol. The first kappa shape index (κ1) is 13.4. The molecule has 6 heteroatoms. The Bertz CT molecular complexity index is 422. The third-order valence-electron chi connectivity index (χ3n) is 2.19. The van der Waals surface area contributed by atoms with E-state index in [1.54, 1.807) is 0 Å². The Kier molecular flexibility index (Phi) is 4.39. The standard InChI is InChI=1S/C11H14F2N2O2/c1-15(2)6-5-14-8-4-3-7(11(16)17)9(12)10(8)13/h3-4,14H,5-6H2,1-2H3,(H,16,17). The topological polar surface area (TPSA) is 52.6 Å². The Morgan fingerprint density at radius 3 is 2.53 bits per heavy atom. The maximum Gasteiger partial charge on any atom is 0.338 e. The summed E-state index contributed by atoms with van der Waals surface area (Å²) in [6.07, 6.45) is 0. The quantitative estimate of drug-likeness (QED) is 0.826. The third kappa shape index (κ3) is 3.39. The molecule has 1 rings (SSSR count). The first-order valence-corrected chi connectivity index (χ1v) is 5.03. The van der Waals surface area contributed by atoms with Crippen molar-refractivity contribution in [3.8, 4) is 0 Å². The monoisotopic (exact) mass is 244 g/mol. The molecule has 1 aromatic carbocycles. The van der Waals surface area contributed by atoms with Crippen molar-refractivity contribution in [2.45, 2.75) is 0 Å². The average Bonchev–Trinajstić information content (AvgIpc) is 2.23. The van der Waals surface area contributed by atoms with Crippen LogP contribution in [0.5, 0.6) is 0 Å². The first-order valence-electron chi connectivity index (χ1n) is 5.03. The molecule has 0 saturated heterocycles. The Balaban J connectivity index is 2.82. The maximum absolute atomic E-state index is 13.4. The van der Waals surface area contributed by atoms with Crippen molar-refractivity contribution in [3.05, 3.63) is 29.3 Å². The minimum Gasteiger partial charge on any atom is -0.478 e. The van der Waals surface area contributed by atoms with E-state index in [-0.39, 0.29) is 5.69 Å². The summed E-state index contributed by atoms with van der Waals surface area (Å²) in [6, 6.07) is 2.26. The van der Waals surface area contributed by atoms with Gasteiger partial charge in [0.1, 0.15) is 0 Å². The Hall–Kier alpha value is -1.69. The first-order chi connectivity index (χ1) is 7.93. The molecule has 1 aromatic rings. The lowest BCUT2D eigenvalue weighted by Gasteiger charge is -2.12. The molecular formula is C11H14F2N2O2. The largest absolute Gasteiger partial charge is 0.478 e. The van der Waals surface area contributed by atoms with Crippen molar-refractivity contribution in [1.82, 2.24) is 4.90 Å². The van der Waals surface area contributed by atoms with E-state index in [9.17, 15) is 13.6 Å². The Morgan fingerprint density at radius 2 is 2.00 bits per heavy atom. The van der Waals surface area contributed by atoms with Crippen LogP contribution in [0.4, 0.5) is 14.5 Å². The zero-order valence-electron chi connectivity index (χ0n) is 9.63. The van der Waals surface area contributed by atoms with E-state index >= 15 is 0 Å². The number of likely N-dealkylation sites (N-methyl/N-ethyl adjacent to an activating group) is 1. The zero-order chi connectivity index (χ0) is 13.0. The van der Waals surface area contributed by atoms with Gasteiger partial charge in [0.2, 0.25) is 0 Å². The number of hydrogen-bond donors (Lipinski definition) is 2. The summed E-state index contributed by atoms with van der Waals surface area (Å²) in [6.45, 7) is 1.09. The number of halogens is 2. The molecule has 0 unspecified atom stereocenters.